The molecule has 2 fully saturated rings. The summed E-state index contributed by atoms with van der Waals surface area (Å²) in [4.78, 5) is 0. The lowest BCUT2D eigenvalue weighted by Gasteiger charge is -2.42. The van der Waals surface area contributed by atoms with Crippen molar-refractivity contribution in [3.05, 3.63) is 11.6 Å². The topological polar surface area (TPSA) is 0 Å². The van der Waals surface area contributed by atoms with Gasteiger partial charge >= 0.3 is 0 Å². The van der Waals surface area contributed by atoms with Crippen molar-refractivity contribution in [2.24, 2.45) is 29.6 Å². The van der Waals surface area contributed by atoms with E-state index in [1.165, 1.54) is 18.4 Å². The molecule has 126 valence electrons. The van der Waals surface area contributed by atoms with E-state index in [-0.39, 0.29) is 11.8 Å². The Bertz CT molecular complexity index is 395. The lowest BCUT2D eigenvalue weighted by atomic mass is 9.66. The highest BCUT2D eigenvalue weighted by atomic mass is 19.2. The van der Waals surface area contributed by atoms with E-state index in [9.17, 15) is 8.78 Å². The summed E-state index contributed by atoms with van der Waals surface area (Å²) < 4.78 is 29.6. The highest BCUT2D eigenvalue weighted by molar-refractivity contribution is 5.15. The van der Waals surface area contributed by atoms with Crippen LogP contribution in [-0.2, 0) is 0 Å². The zero-order valence-electron chi connectivity index (χ0n) is 14.2. The van der Waals surface area contributed by atoms with Crippen LogP contribution in [0, 0.1) is 29.6 Å². The van der Waals surface area contributed by atoms with Gasteiger partial charge in [-0.3, -0.25) is 0 Å². The molecule has 3 rings (SSSR count). The van der Waals surface area contributed by atoms with Gasteiger partial charge in [0.2, 0.25) is 0 Å². The highest BCUT2D eigenvalue weighted by Crippen LogP contribution is 2.46. The van der Waals surface area contributed by atoms with Crippen LogP contribution in [0.25, 0.3) is 0 Å². The molecule has 0 N–H and O–H groups in total. The minimum Gasteiger partial charge on any atom is -0.244 e. The van der Waals surface area contributed by atoms with Crippen LogP contribution in [0.3, 0.4) is 0 Å². The molecular weight excluding hydrogens is 278 g/mol. The third kappa shape index (κ3) is 3.41. The van der Waals surface area contributed by atoms with Gasteiger partial charge < -0.3 is 0 Å². The fourth-order valence-electron chi connectivity index (χ4n) is 5.07. The third-order valence-electron chi connectivity index (χ3n) is 6.76. The van der Waals surface area contributed by atoms with E-state index in [4.69, 9.17) is 0 Å². The fraction of sp³-hybridized carbons (Fsp3) is 0.900. The van der Waals surface area contributed by atoms with Crippen molar-refractivity contribution in [1.82, 2.24) is 0 Å². The summed E-state index contributed by atoms with van der Waals surface area (Å²) in [5.41, 5.74) is 1.23. The highest BCUT2D eigenvalue weighted by Gasteiger charge is 2.44. The number of halogens is 2. The van der Waals surface area contributed by atoms with Gasteiger partial charge in [-0.15, -0.1) is 0 Å². The Kier molecular flexibility index (Phi) is 5.24. The Morgan fingerprint density at radius 3 is 2.18 bits per heavy atom. The van der Waals surface area contributed by atoms with Gasteiger partial charge in [0.25, 0.3) is 0 Å². The molecule has 22 heavy (non-hydrogen) atoms. The van der Waals surface area contributed by atoms with Crippen molar-refractivity contribution in [2.45, 2.75) is 84.0 Å². The normalized spacial score (nSPS) is 47.1. The SMILES string of the molecule is CC1CC=C(C2CC[C@@H](C3CCC(C)CC3)C(F)C2F)CC1. The molecule has 0 aromatic heterocycles. The summed E-state index contributed by atoms with van der Waals surface area (Å²) in [6.07, 6.45) is 9.36. The summed E-state index contributed by atoms with van der Waals surface area (Å²) in [5, 5.41) is 0. The van der Waals surface area contributed by atoms with Gasteiger partial charge in [0.05, 0.1) is 0 Å². The molecule has 0 nitrogen and oxygen atoms in total. The smallest absolute Gasteiger partial charge is 0.138 e. The van der Waals surface area contributed by atoms with Gasteiger partial charge in [-0.05, 0) is 68.6 Å². The monoisotopic (exact) mass is 310 g/mol. The first-order valence-corrected chi connectivity index (χ1v) is 9.53. The maximum absolute atomic E-state index is 14.8. The Morgan fingerprint density at radius 1 is 0.818 bits per heavy atom. The van der Waals surface area contributed by atoms with E-state index >= 15 is 0 Å². The van der Waals surface area contributed by atoms with Gasteiger partial charge in [-0.25, -0.2) is 8.78 Å². The van der Waals surface area contributed by atoms with Crippen molar-refractivity contribution in [2.75, 3.05) is 0 Å². The summed E-state index contributed by atoms with van der Waals surface area (Å²) in [6, 6.07) is 0. The lowest BCUT2D eigenvalue weighted by Crippen LogP contribution is -2.42. The minimum atomic E-state index is -1.25. The van der Waals surface area contributed by atoms with Crippen LogP contribution >= 0.6 is 0 Å². The largest absolute Gasteiger partial charge is 0.244 e. The second kappa shape index (κ2) is 7.01. The second-order valence-corrected chi connectivity index (χ2v) is 8.42. The van der Waals surface area contributed by atoms with Crippen LogP contribution in [0.1, 0.15) is 71.6 Å². The van der Waals surface area contributed by atoms with E-state index in [1.54, 1.807) is 0 Å². The first-order chi connectivity index (χ1) is 10.6. The number of hydrogen-bond acceptors (Lipinski definition) is 0. The third-order valence-corrected chi connectivity index (χ3v) is 6.76. The van der Waals surface area contributed by atoms with Gasteiger partial charge in [-0.2, -0.15) is 0 Å². The number of rotatable bonds is 2. The van der Waals surface area contributed by atoms with Crippen LogP contribution in [0.4, 0.5) is 8.78 Å². The molecular formula is C20H32F2. The summed E-state index contributed by atoms with van der Waals surface area (Å²) >= 11 is 0. The average Bonchev–Trinajstić information content (AvgIpc) is 2.52. The van der Waals surface area contributed by atoms with Crippen LogP contribution < -0.4 is 0 Å². The molecule has 0 radical (unpaired) electrons. The van der Waals surface area contributed by atoms with E-state index in [1.807, 2.05) is 0 Å². The summed E-state index contributed by atoms with van der Waals surface area (Å²) in [5.74, 6) is 1.79. The Labute approximate surface area is 134 Å². The lowest BCUT2D eigenvalue weighted by molar-refractivity contribution is -0.00246. The molecule has 2 saturated carbocycles. The van der Waals surface area contributed by atoms with E-state index in [0.717, 1.165) is 50.9 Å². The molecule has 0 heterocycles. The van der Waals surface area contributed by atoms with Crippen molar-refractivity contribution in [3.8, 4) is 0 Å². The average molecular weight is 310 g/mol. The molecule has 0 amide bonds. The molecule has 2 heteroatoms. The second-order valence-electron chi connectivity index (χ2n) is 8.42. The predicted octanol–water partition coefficient (Wildman–Crippen LogP) is 6.26. The van der Waals surface area contributed by atoms with Crippen LogP contribution in [0.5, 0.6) is 0 Å². The molecule has 5 atom stereocenters. The minimum absolute atomic E-state index is 0.0122. The molecule has 3 aliphatic carbocycles. The molecule has 0 bridgehead atoms. The van der Waals surface area contributed by atoms with E-state index in [2.05, 4.69) is 19.9 Å². The number of allylic oxidation sites excluding steroid dienone is 2. The van der Waals surface area contributed by atoms with Crippen LogP contribution in [0.2, 0.25) is 0 Å². The molecule has 4 unspecified atom stereocenters. The van der Waals surface area contributed by atoms with E-state index in [0.29, 0.717) is 11.8 Å². The Balaban J connectivity index is 1.62. The Morgan fingerprint density at radius 2 is 1.55 bits per heavy atom. The van der Waals surface area contributed by atoms with Crippen molar-refractivity contribution in [1.29, 1.82) is 0 Å². The zero-order valence-corrected chi connectivity index (χ0v) is 14.2. The number of alkyl halides is 2. The maximum Gasteiger partial charge on any atom is 0.138 e. The molecule has 0 saturated heterocycles. The van der Waals surface area contributed by atoms with Crippen molar-refractivity contribution >= 4 is 0 Å². The van der Waals surface area contributed by atoms with Gasteiger partial charge in [0.1, 0.15) is 12.3 Å². The first kappa shape index (κ1) is 16.5. The van der Waals surface area contributed by atoms with Crippen LogP contribution in [0.15, 0.2) is 11.6 Å². The summed E-state index contributed by atoms with van der Waals surface area (Å²) in [6.45, 7) is 4.54. The number of hydrogen-bond donors (Lipinski definition) is 0. The standard InChI is InChI=1S/C20H32F2/c1-13-3-7-15(8-4-13)17-11-12-18(20(22)19(17)21)16-9-5-14(2)6-10-16/h7,13-14,16-20H,3-6,8-12H2,1-2H3/t13?,14?,16?,17?,18-,19?,20?/m0/s1. The molecule has 0 aromatic carbocycles. The Hall–Kier alpha value is -0.400. The fourth-order valence-corrected chi connectivity index (χ4v) is 5.07. The van der Waals surface area contributed by atoms with Gasteiger partial charge in [-0.1, -0.05) is 38.3 Å². The molecule has 0 spiro atoms. The van der Waals surface area contributed by atoms with Crippen molar-refractivity contribution in [3.63, 3.8) is 0 Å². The van der Waals surface area contributed by atoms with Crippen LogP contribution in [-0.4, -0.2) is 12.3 Å². The quantitative estimate of drug-likeness (QED) is 0.528. The maximum atomic E-state index is 14.8. The molecule has 0 aromatic rings. The van der Waals surface area contributed by atoms with Crippen molar-refractivity contribution < 1.29 is 8.78 Å². The zero-order chi connectivity index (χ0) is 15.7. The first-order valence-electron chi connectivity index (χ1n) is 9.53. The van der Waals surface area contributed by atoms with Gasteiger partial charge in [0, 0.05) is 5.92 Å². The predicted molar refractivity (Wildman–Crippen MR) is 88.2 cm³/mol. The molecule has 0 aliphatic heterocycles. The summed E-state index contributed by atoms with van der Waals surface area (Å²) in [7, 11) is 0. The molecule has 3 aliphatic rings. The van der Waals surface area contributed by atoms with E-state index < -0.39 is 12.3 Å². The van der Waals surface area contributed by atoms with Gasteiger partial charge in [0.15, 0.2) is 0 Å².